The third kappa shape index (κ3) is 5.13. The SMILES string of the molecule is COc1ccccc1-c1ccc(SCC(=O)Nc2ccc(Cl)c(Cl)c2)nn1. The summed E-state index contributed by atoms with van der Waals surface area (Å²) in [6.07, 6.45) is 0. The number of carbonyl (C=O) groups excluding carboxylic acids is 1. The molecule has 1 N–H and O–H groups in total. The number of hydrogen-bond donors (Lipinski definition) is 1. The maximum absolute atomic E-state index is 12.1. The Labute approximate surface area is 171 Å². The molecular weight excluding hydrogens is 405 g/mol. The van der Waals surface area contributed by atoms with E-state index in [9.17, 15) is 4.79 Å². The van der Waals surface area contributed by atoms with Crippen molar-refractivity contribution in [3.05, 3.63) is 64.6 Å². The standard InChI is InChI=1S/C19H15Cl2N3O2S/c1-26-17-5-3-2-4-13(17)16-8-9-19(24-23-16)27-11-18(25)22-12-6-7-14(20)15(21)10-12/h2-10H,11H2,1H3,(H,22,25). The molecule has 3 rings (SSSR count). The number of methoxy groups -OCH3 is 1. The predicted molar refractivity (Wildman–Crippen MR) is 110 cm³/mol. The Morgan fingerprint density at radius 3 is 2.59 bits per heavy atom. The number of aromatic nitrogens is 2. The molecule has 8 heteroatoms. The Bertz CT molecular complexity index is 952. The van der Waals surface area contributed by atoms with E-state index in [1.165, 1.54) is 11.8 Å². The molecule has 0 radical (unpaired) electrons. The third-order valence-electron chi connectivity index (χ3n) is 3.58. The normalized spacial score (nSPS) is 10.5. The summed E-state index contributed by atoms with van der Waals surface area (Å²) in [4.78, 5) is 12.1. The van der Waals surface area contributed by atoms with Crippen LogP contribution >= 0.6 is 35.0 Å². The summed E-state index contributed by atoms with van der Waals surface area (Å²) in [5, 5.41) is 12.6. The largest absolute Gasteiger partial charge is 0.496 e. The summed E-state index contributed by atoms with van der Waals surface area (Å²) in [5.41, 5.74) is 2.16. The van der Waals surface area contributed by atoms with Gasteiger partial charge in [0.15, 0.2) is 0 Å². The fraction of sp³-hybridized carbons (Fsp3) is 0.105. The molecule has 5 nitrogen and oxygen atoms in total. The van der Waals surface area contributed by atoms with E-state index in [2.05, 4.69) is 15.5 Å². The van der Waals surface area contributed by atoms with Crippen LogP contribution in [-0.4, -0.2) is 29.0 Å². The Morgan fingerprint density at radius 1 is 1.07 bits per heavy atom. The lowest BCUT2D eigenvalue weighted by atomic mass is 10.1. The van der Waals surface area contributed by atoms with Crippen LogP contribution in [0.1, 0.15) is 0 Å². The second-order valence-electron chi connectivity index (χ2n) is 5.42. The van der Waals surface area contributed by atoms with Crippen LogP contribution in [0.4, 0.5) is 5.69 Å². The number of carbonyl (C=O) groups is 1. The predicted octanol–water partition coefficient (Wildman–Crippen LogP) is 5.19. The zero-order chi connectivity index (χ0) is 19.2. The molecule has 3 aromatic rings. The first-order valence-electron chi connectivity index (χ1n) is 7.91. The van der Waals surface area contributed by atoms with E-state index < -0.39 is 0 Å². The number of anilines is 1. The second kappa shape index (κ2) is 9.08. The van der Waals surface area contributed by atoms with Gasteiger partial charge in [0.2, 0.25) is 5.91 Å². The van der Waals surface area contributed by atoms with Crippen LogP contribution in [0.2, 0.25) is 10.0 Å². The monoisotopic (exact) mass is 419 g/mol. The van der Waals surface area contributed by atoms with E-state index in [4.69, 9.17) is 27.9 Å². The number of nitrogens with one attached hydrogen (secondary N) is 1. The smallest absolute Gasteiger partial charge is 0.234 e. The molecular formula is C19H15Cl2N3O2S. The lowest BCUT2D eigenvalue weighted by molar-refractivity contribution is -0.113. The molecule has 2 aromatic carbocycles. The molecule has 1 amide bonds. The van der Waals surface area contributed by atoms with E-state index in [-0.39, 0.29) is 11.7 Å². The van der Waals surface area contributed by atoms with Crippen LogP contribution in [0.3, 0.4) is 0 Å². The Kier molecular flexibility index (Phi) is 6.55. The van der Waals surface area contributed by atoms with Gasteiger partial charge in [-0.1, -0.05) is 47.1 Å². The van der Waals surface area contributed by atoms with Gasteiger partial charge in [-0.25, -0.2) is 0 Å². The summed E-state index contributed by atoms with van der Waals surface area (Å²) in [5.74, 6) is 0.755. The first-order valence-corrected chi connectivity index (χ1v) is 9.66. The molecule has 1 heterocycles. The average Bonchev–Trinajstić information content (AvgIpc) is 2.69. The molecule has 0 unspecified atom stereocenters. The van der Waals surface area contributed by atoms with Crippen molar-refractivity contribution >= 4 is 46.6 Å². The van der Waals surface area contributed by atoms with Crippen molar-refractivity contribution in [1.29, 1.82) is 0 Å². The molecule has 0 saturated heterocycles. The Balaban J connectivity index is 1.60. The minimum atomic E-state index is -0.172. The number of benzene rings is 2. The molecule has 0 fully saturated rings. The van der Waals surface area contributed by atoms with Crippen LogP contribution < -0.4 is 10.1 Å². The topological polar surface area (TPSA) is 64.1 Å². The maximum atomic E-state index is 12.1. The van der Waals surface area contributed by atoms with Gasteiger partial charge in [-0.05, 0) is 42.5 Å². The molecule has 1 aromatic heterocycles. The van der Waals surface area contributed by atoms with Gasteiger partial charge in [0.25, 0.3) is 0 Å². The lowest BCUT2D eigenvalue weighted by Gasteiger charge is -2.08. The van der Waals surface area contributed by atoms with E-state index in [1.807, 2.05) is 36.4 Å². The van der Waals surface area contributed by atoms with Crippen LogP contribution in [0.15, 0.2) is 59.6 Å². The number of ether oxygens (including phenoxy) is 1. The van der Waals surface area contributed by atoms with Crippen molar-refractivity contribution in [2.45, 2.75) is 5.03 Å². The van der Waals surface area contributed by atoms with Crippen LogP contribution in [0.25, 0.3) is 11.3 Å². The summed E-state index contributed by atoms with van der Waals surface area (Å²) in [6.45, 7) is 0. The summed E-state index contributed by atoms with van der Waals surface area (Å²) >= 11 is 13.1. The number of nitrogens with zero attached hydrogens (tertiary/aromatic N) is 2. The Morgan fingerprint density at radius 2 is 1.89 bits per heavy atom. The van der Waals surface area contributed by atoms with Crippen molar-refractivity contribution in [3.8, 4) is 17.0 Å². The fourth-order valence-electron chi connectivity index (χ4n) is 2.31. The van der Waals surface area contributed by atoms with Gasteiger partial charge in [0.05, 0.1) is 28.6 Å². The highest BCUT2D eigenvalue weighted by Gasteiger charge is 2.09. The quantitative estimate of drug-likeness (QED) is 0.556. The summed E-state index contributed by atoms with van der Waals surface area (Å²) in [6, 6.07) is 16.2. The summed E-state index contributed by atoms with van der Waals surface area (Å²) < 4.78 is 5.34. The number of thioether (sulfide) groups is 1. The number of amides is 1. The third-order valence-corrected chi connectivity index (χ3v) is 5.24. The van der Waals surface area contributed by atoms with Crippen LogP contribution in [0, 0.1) is 0 Å². The minimum absolute atomic E-state index is 0.172. The molecule has 0 bridgehead atoms. The zero-order valence-corrected chi connectivity index (χ0v) is 16.6. The number of para-hydroxylation sites is 1. The van der Waals surface area contributed by atoms with Gasteiger partial charge in [0, 0.05) is 11.3 Å². The van der Waals surface area contributed by atoms with Crippen LogP contribution in [0.5, 0.6) is 5.75 Å². The van der Waals surface area contributed by atoms with Crippen molar-refractivity contribution in [3.63, 3.8) is 0 Å². The molecule has 27 heavy (non-hydrogen) atoms. The highest BCUT2D eigenvalue weighted by atomic mass is 35.5. The van der Waals surface area contributed by atoms with E-state index in [0.717, 1.165) is 11.3 Å². The van der Waals surface area contributed by atoms with E-state index >= 15 is 0 Å². The fourth-order valence-corrected chi connectivity index (χ4v) is 3.22. The molecule has 0 aliphatic carbocycles. The maximum Gasteiger partial charge on any atom is 0.234 e. The minimum Gasteiger partial charge on any atom is -0.496 e. The van der Waals surface area contributed by atoms with Crippen LogP contribution in [-0.2, 0) is 4.79 Å². The van der Waals surface area contributed by atoms with E-state index in [0.29, 0.717) is 26.5 Å². The average molecular weight is 420 g/mol. The second-order valence-corrected chi connectivity index (χ2v) is 7.23. The van der Waals surface area contributed by atoms with Crippen molar-refractivity contribution < 1.29 is 9.53 Å². The first kappa shape index (κ1) is 19.5. The highest BCUT2D eigenvalue weighted by molar-refractivity contribution is 7.99. The molecule has 0 aliphatic rings. The lowest BCUT2D eigenvalue weighted by Crippen LogP contribution is -2.14. The van der Waals surface area contributed by atoms with Gasteiger partial charge < -0.3 is 10.1 Å². The van der Waals surface area contributed by atoms with Gasteiger partial charge in [-0.15, -0.1) is 10.2 Å². The number of hydrogen-bond acceptors (Lipinski definition) is 5. The number of halogens is 2. The molecule has 0 saturated carbocycles. The zero-order valence-electron chi connectivity index (χ0n) is 14.3. The Hall–Kier alpha value is -2.28. The van der Waals surface area contributed by atoms with E-state index in [1.54, 1.807) is 25.3 Å². The van der Waals surface area contributed by atoms with Crippen molar-refractivity contribution in [1.82, 2.24) is 10.2 Å². The van der Waals surface area contributed by atoms with Gasteiger partial charge in [-0.3, -0.25) is 4.79 Å². The van der Waals surface area contributed by atoms with Gasteiger partial charge in [0.1, 0.15) is 10.8 Å². The summed E-state index contributed by atoms with van der Waals surface area (Å²) in [7, 11) is 1.61. The molecule has 138 valence electrons. The van der Waals surface area contributed by atoms with Crippen molar-refractivity contribution in [2.24, 2.45) is 0 Å². The molecule has 0 aliphatic heterocycles. The highest BCUT2D eigenvalue weighted by Crippen LogP contribution is 2.28. The first-order chi connectivity index (χ1) is 13.1. The number of rotatable bonds is 6. The molecule has 0 spiro atoms. The van der Waals surface area contributed by atoms with Gasteiger partial charge >= 0.3 is 0 Å². The molecule has 0 atom stereocenters. The van der Waals surface area contributed by atoms with Crippen molar-refractivity contribution in [2.75, 3.05) is 18.2 Å². The van der Waals surface area contributed by atoms with Gasteiger partial charge in [-0.2, -0.15) is 0 Å².